The van der Waals surface area contributed by atoms with Gasteiger partial charge in [-0.3, -0.25) is 0 Å². The Hall–Kier alpha value is -0.260. The Morgan fingerprint density at radius 2 is 1.87 bits per heavy atom. The van der Waals surface area contributed by atoms with Crippen LogP contribution in [0.3, 0.4) is 0 Å². The van der Waals surface area contributed by atoms with Crippen LogP contribution >= 0.6 is 0 Å². The molecule has 0 spiro atoms. The van der Waals surface area contributed by atoms with Crippen LogP contribution in [0.25, 0.3) is 0 Å². The third-order valence-corrected chi connectivity index (χ3v) is 3.35. The van der Waals surface area contributed by atoms with Crippen LogP contribution in [0.15, 0.2) is 0 Å². The molecule has 5 heteroatoms. The largest absolute Gasteiger partial charge is 0.345 e. The maximum absolute atomic E-state index is 12.0. The summed E-state index contributed by atoms with van der Waals surface area (Å²) in [5.41, 5.74) is 2.99. The minimum atomic E-state index is -2.63. The van der Waals surface area contributed by atoms with Gasteiger partial charge < -0.3 is 9.57 Å². The Bertz CT molecular complexity index is 190. The minimum absolute atomic E-state index is 0.247. The second-order valence-corrected chi connectivity index (χ2v) is 4.30. The molecule has 0 radical (unpaired) electrons. The third kappa shape index (κ3) is 3.09. The van der Waals surface area contributed by atoms with Crippen molar-refractivity contribution in [3.05, 3.63) is 0 Å². The summed E-state index contributed by atoms with van der Waals surface area (Å²) in [7, 11) is 0. The molecular weight excluding hydrogens is 204 g/mol. The summed E-state index contributed by atoms with van der Waals surface area (Å²) >= 11 is 0. The summed E-state index contributed by atoms with van der Waals surface area (Å²) in [6.07, 6.45) is 4.19. The maximum atomic E-state index is 12.0. The van der Waals surface area contributed by atoms with Crippen molar-refractivity contribution in [2.45, 2.75) is 50.9 Å². The summed E-state index contributed by atoms with van der Waals surface area (Å²) in [5, 5.41) is 0. The van der Waals surface area contributed by atoms with Gasteiger partial charge in [0.25, 0.3) is 0 Å². The molecule has 0 aromatic heterocycles. The highest BCUT2D eigenvalue weighted by molar-refractivity contribution is 4.82. The fourth-order valence-corrected chi connectivity index (χ4v) is 2.52. The molecular formula is C10H17F2NO2. The highest BCUT2D eigenvalue weighted by atomic mass is 19.3. The van der Waals surface area contributed by atoms with Gasteiger partial charge in [0.15, 0.2) is 0 Å². The van der Waals surface area contributed by atoms with E-state index in [-0.39, 0.29) is 6.10 Å². The van der Waals surface area contributed by atoms with Crippen molar-refractivity contribution < 1.29 is 18.4 Å². The fourth-order valence-electron chi connectivity index (χ4n) is 2.52. The van der Waals surface area contributed by atoms with E-state index in [2.05, 4.69) is 10.2 Å². The van der Waals surface area contributed by atoms with E-state index in [0.717, 1.165) is 38.7 Å². The number of halogens is 2. The molecule has 2 aliphatic rings. The Labute approximate surface area is 88.1 Å². The Kier molecular flexibility index (Phi) is 3.88. The summed E-state index contributed by atoms with van der Waals surface area (Å²) in [6, 6.07) is 0.414. The molecule has 1 aliphatic heterocycles. The van der Waals surface area contributed by atoms with E-state index in [1.807, 2.05) is 0 Å². The highest BCUT2D eigenvalue weighted by Crippen LogP contribution is 2.31. The SMILES string of the molecule is FC(F)OC1CCC(C2CCON2)CC1. The molecule has 88 valence electrons. The van der Waals surface area contributed by atoms with E-state index in [1.165, 1.54) is 0 Å². The first-order chi connectivity index (χ1) is 7.25. The zero-order valence-electron chi connectivity index (χ0n) is 8.62. The number of hydroxylamine groups is 1. The van der Waals surface area contributed by atoms with Crippen LogP contribution in [0.4, 0.5) is 8.78 Å². The van der Waals surface area contributed by atoms with Gasteiger partial charge in [0.1, 0.15) is 0 Å². The molecule has 1 saturated carbocycles. The smallest absolute Gasteiger partial charge is 0.320 e. The van der Waals surface area contributed by atoms with Crippen molar-refractivity contribution in [1.82, 2.24) is 5.48 Å². The van der Waals surface area contributed by atoms with Gasteiger partial charge in [0.2, 0.25) is 0 Å². The fraction of sp³-hybridized carbons (Fsp3) is 1.00. The van der Waals surface area contributed by atoms with Gasteiger partial charge in [-0.2, -0.15) is 14.3 Å². The van der Waals surface area contributed by atoms with E-state index < -0.39 is 6.61 Å². The van der Waals surface area contributed by atoms with Crippen LogP contribution in [0, 0.1) is 5.92 Å². The number of hydrogen-bond acceptors (Lipinski definition) is 3. The average molecular weight is 221 g/mol. The van der Waals surface area contributed by atoms with Gasteiger partial charge in [-0.05, 0) is 38.0 Å². The molecule has 1 atom stereocenters. The second-order valence-electron chi connectivity index (χ2n) is 4.30. The van der Waals surface area contributed by atoms with Crippen molar-refractivity contribution in [2.24, 2.45) is 5.92 Å². The average Bonchev–Trinajstić information content (AvgIpc) is 2.71. The number of rotatable bonds is 3. The van der Waals surface area contributed by atoms with Gasteiger partial charge in [-0.1, -0.05) is 0 Å². The first-order valence-electron chi connectivity index (χ1n) is 5.56. The van der Waals surface area contributed by atoms with Crippen molar-refractivity contribution >= 4 is 0 Å². The van der Waals surface area contributed by atoms with Gasteiger partial charge in [-0.25, -0.2) is 0 Å². The molecule has 0 aromatic carbocycles. The van der Waals surface area contributed by atoms with E-state index >= 15 is 0 Å². The molecule has 0 bridgehead atoms. The molecule has 1 aliphatic carbocycles. The van der Waals surface area contributed by atoms with Gasteiger partial charge in [0.05, 0.1) is 12.7 Å². The standard InChI is InChI=1S/C10H17F2NO2/c11-10(12)15-8-3-1-7(2-4-8)9-5-6-14-13-9/h7-10,13H,1-6H2. The first-order valence-corrected chi connectivity index (χ1v) is 5.56. The van der Waals surface area contributed by atoms with Crippen LogP contribution < -0.4 is 5.48 Å². The zero-order valence-corrected chi connectivity index (χ0v) is 8.62. The van der Waals surface area contributed by atoms with E-state index in [1.54, 1.807) is 0 Å². The Morgan fingerprint density at radius 1 is 1.13 bits per heavy atom. The molecule has 3 nitrogen and oxygen atoms in total. The van der Waals surface area contributed by atoms with Crippen LogP contribution in [0.2, 0.25) is 0 Å². The summed E-state index contributed by atoms with van der Waals surface area (Å²) in [6.45, 7) is -1.86. The lowest BCUT2D eigenvalue weighted by atomic mass is 9.82. The van der Waals surface area contributed by atoms with Gasteiger partial charge >= 0.3 is 6.61 Å². The summed E-state index contributed by atoms with van der Waals surface area (Å²) in [4.78, 5) is 5.10. The van der Waals surface area contributed by atoms with Crippen molar-refractivity contribution in [3.63, 3.8) is 0 Å². The number of alkyl halides is 2. The lowest BCUT2D eigenvalue weighted by Gasteiger charge is -2.31. The van der Waals surface area contributed by atoms with Crippen molar-refractivity contribution in [3.8, 4) is 0 Å². The number of ether oxygens (including phenoxy) is 1. The summed E-state index contributed by atoms with van der Waals surface area (Å²) in [5.74, 6) is 0.560. The molecule has 0 aromatic rings. The number of hydrogen-bond donors (Lipinski definition) is 1. The molecule has 1 N–H and O–H groups in total. The maximum Gasteiger partial charge on any atom is 0.345 e. The van der Waals surface area contributed by atoms with E-state index in [4.69, 9.17) is 4.84 Å². The van der Waals surface area contributed by atoms with Crippen LogP contribution in [0.5, 0.6) is 0 Å². The lowest BCUT2D eigenvalue weighted by molar-refractivity contribution is -0.172. The molecule has 1 saturated heterocycles. The van der Waals surface area contributed by atoms with Gasteiger partial charge in [-0.15, -0.1) is 0 Å². The highest BCUT2D eigenvalue weighted by Gasteiger charge is 2.31. The van der Waals surface area contributed by atoms with Crippen LogP contribution in [-0.4, -0.2) is 25.4 Å². The molecule has 2 fully saturated rings. The molecule has 1 heterocycles. The predicted octanol–water partition coefficient (Wildman–Crippen LogP) is 2.08. The van der Waals surface area contributed by atoms with Crippen LogP contribution in [-0.2, 0) is 9.57 Å². The zero-order chi connectivity index (χ0) is 10.7. The Balaban J connectivity index is 1.71. The lowest BCUT2D eigenvalue weighted by Crippen LogP contribution is -2.34. The van der Waals surface area contributed by atoms with E-state index in [0.29, 0.717) is 12.0 Å². The predicted molar refractivity (Wildman–Crippen MR) is 50.3 cm³/mol. The van der Waals surface area contributed by atoms with Gasteiger partial charge in [0, 0.05) is 6.04 Å². The first kappa shape index (κ1) is 11.2. The topological polar surface area (TPSA) is 30.5 Å². The van der Waals surface area contributed by atoms with E-state index in [9.17, 15) is 8.78 Å². The normalized spacial score (nSPS) is 37.4. The van der Waals surface area contributed by atoms with Crippen LogP contribution in [0.1, 0.15) is 32.1 Å². The molecule has 0 amide bonds. The molecule has 2 rings (SSSR count). The summed E-state index contributed by atoms with van der Waals surface area (Å²) < 4.78 is 28.4. The molecule has 1 unspecified atom stereocenters. The quantitative estimate of drug-likeness (QED) is 0.791. The Morgan fingerprint density at radius 3 is 2.40 bits per heavy atom. The second kappa shape index (κ2) is 5.18. The number of nitrogens with one attached hydrogen (secondary N) is 1. The third-order valence-electron chi connectivity index (χ3n) is 3.35. The minimum Gasteiger partial charge on any atom is -0.320 e. The van der Waals surface area contributed by atoms with Crippen molar-refractivity contribution in [2.75, 3.05) is 6.61 Å². The molecule has 15 heavy (non-hydrogen) atoms. The van der Waals surface area contributed by atoms with Crippen molar-refractivity contribution in [1.29, 1.82) is 0 Å². The monoisotopic (exact) mass is 221 g/mol.